The van der Waals surface area contributed by atoms with Crippen molar-refractivity contribution in [3.63, 3.8) is 0 Å². The zero-order chi connectivity index (χ0) is 11.5. The Morgan fingerprint density at radius 2 is 2.25 bits per heavy atom. The number of pyridine rings is 1. The number of thiocarbonyl (C=S) groups is 1. The van der Waals surface area contributed by atoms with E-state index in [0.717, 1.165) is 10.2 Å². The summed E-state index contributed by atoms with van der Waals surface area (Å²) < 4.78 is 2.59. The Bertz CT molecular complexity index is 507. The van der Waals surface area contributed by atoms with Crippen LogP contribution < -0.4 is 5.73 Å². The van der Waals surface area contributed by atoms with Crippen molar-refractivity contribution in [3.05, 3.63) is 40.6 Å². The van der Waals surface area contributed by atoms with Crippen molar-refractivity contribution < 1.29 is 0 Å². The van der Waals surface area contributed by atoms with Crippen molar-refractivity contribution in [2.45, 2.75) is 6.54 Å². The van der Waals surface area contributed by atoms with Gasteiger partial charge < -0.3 is 5.73 Å². The van der Waals surface area contributed by atoms with Gasteiger partial charge >= 0.3 is 0 Å². The van der Waals surface area contributed by atoms with Gasteiger partial charge in [0, 0.05) is 10.7 Å². The fraction of sp³-hybridized carbons (Fsp3) is 0.111. The average molecular weight is 298 g/mol. The maximum atomic E-state index is 5.41. The smallest absolute Gasteiger partial charge is 0.208 e. The lowest BCUT2D eigenvalue weighted by molar-refractivity contribution is 0.669. The van der Waals surface area contributed by atoms with Gasteiger partial charge in [-0.3, -0.25) is 4.98 Å². The van der Waals surface area contributed by atoms with Crippen LogP contribution >= 0.6 is 28.1 Å². The molecule has 0 bridgehead atoms. The molecule has 0 fully saturated rings. The predicted octanol–water partition coefficient (Wildman–Crippen LogP) is 1.12. The minimum absolute atomic E-state index is 0.197. The second-order valence-corrected chi connectivity index (χ2v) is 4.45. The molecule has 0 amide bonds. The summed E-state index contributed by atoms with van der Waals surface area (Å²) >= 11 is 8.10. The molecule has 0 aliphatic carbocycles. The van der Waals surface area contributed by atoms with Crippen LogP contribution in [0.1, 0.15) is 11.5 Å². The molecule has 0 aromatic carbocycles. The van der Waals surface area contributed by atoms with Crippen molar-refractivity contribution >= 4 is 33.1 Å². The van der Waals surface area contributed by atoms with Gasteiger partial charge in [0.15, 0.2) is 0 Å². The third kappa shape index (κ3) is 2.61. The van der Waals surface area contributed by atoms with Crippen LogP contribution in [0.15, 0.2) is 29.1 Å². The Labute approximate surface area is 106 Å². The fourth-order valence-electron chi connectivity index (χ4n) is 1.15. The van der Waals surface area contributed by atoms with E-state index in [1.54, 1.807) is 17.2 Å². The molecule has 0 atom stereocenters. The number of nitrogens with two attached hydrogens (primary N) is 1. The highest BCUT2D eigenvalue weighted by molar-refractivity contribution is 9.10. The number of hydrogen-bond donors (Lipinski definition) is 1. The Morgan fingerprint density at radius 3 is 2.81 bits per heavy atom. The minimum atomic E-state index is 0.197. The Balaban J connectivity index is 2.14. The van der Waals surface area contributed by atoms with Crippen LogP contribution in [0.2, 0.25) is 0 Å². The van der Waals surface area contributed by atoms with E-state index in [1.807, 2.05) is 12.1 Å². The number of nitrogens with zero attached hydrogens (tertiary/aromatic N) is 4. The molecular weight excluding hydrogens is 290 g/mol. The summed E-state index contributed by atoms with van der Waals surface area (Å²) in [6.45, 7) is 0.545. The number of halogens is 1. The first-order valence-corrected chi connectivity index (χ1v) is 5.65. The summed E-state index contributed by atoms with van der Waals surface area (Å²) in [4.78, 5) is 8.40. The SMILES string of the molecule is NC(=S)c1ncn(Cc2ccc(Br)cn2)n1. The van der Waals surface area contributed by atoms with Crippen molar-refractivity contribution in [1.82, 2.24) is 19.7 Å². The summed E-state index contributed by atoms with van der Waals surface area (Å²) in [6, 6.07) is 3.83. The van der Waals surface area contributed by atoms with Crippen LogP contribution in [-0.2, 0) is 6.54 Å². The van der Waals surface area contributed by atoms with Gasteiger partial charge in [-0.15, -0.1) is 5.10 Å². The predicted molar refractivity (Wildman–Crippen MR) is 66.9 cm³/mol. The zero-order valence-corrected chi connectivity index (χ0v) is 10.6. The van der Waals surface area contributed by atoms with Gasteiger partial charge in [-0.05, 0) is 28.1 Å². The Kier molecular flexibility index (Phi) is 3.25. The fourth-order valence-corrected chi connectivity index (χ4v) is 1.48. The van der Waals surface area contributed by atoms with E-state index in [2.05, 4.69) is 31.0 Å². The van der Waals surface area contributed by atoms with Gasteiger partial charge in [-0.25, -0.2) is 9.67 Å². The number of rotatable bonds is 3. The van der Waals surface area contributed by atoms with Crippen LogP contribution in [0.25, 0.3) is 0 Å². The Morgan fingerprint density at radius 1 is 1.44 bits per heavy atom. The summed E-state index contributed by atoms with van der Waals surface area (Å²) in [5.74, 6) is 0.382. The van der Waals surface area contributed by atoms with Crippen LogP contribution in [-0.4, -0.2) is 24.7 Å². The second-order valence-electron chi connectivity index (χ2n) is 3.10. The van der Waals surface area contributed by atoms with Gasteiger partial charge in [-0.1, -0.05) is 12.2 Å². The number of hydrogen-bond acceptors (Lipinski definition) is 4. The summed E-state index contributed by atoms with van der Waals surface area (Å²) in [6.07, 6.45) is 3.32. The molecule has 5 nitrogen and oxygen atoms in total. The van der Waals surface area contributed by atoms with Crippen LogP contribution in [0, 0.1) is 0 Å². The van der Waals surface area contributed by atoms with E-state index in [4.69, 9.17) is 18.0 Å². The van der Waals surface area contributed by atoms with Gasteiger partial charge in [0.05, 0.1) is 12.2 Å². The van der Waals surface area contributed by atoms with Gasteiger partial charge in [0.25, 0.3) is 0 Å². The molecule has 0 unspecified atom stereocenters. The lowest BCUT2D eigenvalue weighted by Crippen LogP contribution is -2.12. The summed E-state index contributed by atoms with van der Waals surface area (Å²) in [5, 5.41) is 4.12. The largest absolute Gasteiger partial charge is 0.387 e. The van der Waals surface area contributed by atoms with E-state index in [0.29, 0.717) is 12.4 Å². The molecule has 2 heterocycles. The van der Waals surface area contributed by atoms with E-state index in [9.17, 15) is 0 Å². The van der Waals surface area contributed by atoms with E-state index in [1.165, 1.54) is 0 Å². The maximum Gasteiger partial charge on any atom is 0.208 e. The highest BCUT2D eigenvalue weighted by Crippen LogP contribution is 2.08. The molecule has 7 heteroatoms. The monoisotopic (exact) mass is 297 g/mol. The number of aromatic nitrogens is 4. The molecule has 2 rings (SSSR count). The lowest BCUT2D eigenvalue weighted by atomic mass is 10.3. The van der Waals surface area contributed by atoms with Gasteiger partial charge in [0.2, 0.25) is 5.82 Å². The highest BCUT2D eigenvalue weighted by atomic mass is 79.9. The normalized spacial score (nSPS) is 10.3. The van der Waals surface area contributed by atoms with Crippen molar-refractivity contribution in [3.8, 4) is 0 Å². The molecule has 0 aliphatic heterocycles. The average Bonchev–Trinajstić information content (AvgIpc) is 2.70. The van der Waals surface area contributed by atoms with Crippen molar-refractivity contribution in [2.24, 2.45) is 5.73 Å². The molecule has 16 heavy (non-hydrogen) atoms. The van der Waals surface area contributed by atoms with Crippen LogP contribution in [0.5, 0.6) is 0 Å². The first kappa shape index (κ1) is 11.2. The van der Waals surface area contributed by atoms with E-state index < -0.39 is 0 Å². The first-order valence-electron chi connectivity index (χ1n) is 4.45. The molecule has 2 N–H and O–H groups in total. The summed E-state index contributed by atoms with van der Waals surface area (Å²) in [7, 11) is 0. The third-order valence-corrected chi connectivity index (χ3v) is 2.52. The maximum absolute atomic E-state index is 5.41. The van der Waals surface area contributed by atoms with E-state index in [-0.39, 0.29) is 4.99 Å². The Hall–Kier alpha value is -1.34. The van der Waals surface area contributed by atoms with Crippen LogP contribution in [0.3, 0.4) is 0 Å². The minimum Gasteiger partial charge on any atom is -0.387 e. The van der Waals surface area contributed by atoms with E-state index >= 15 is 0 Å². The standard InChI is InChI=1S/C9H8BrN5S/c10-6-1-2-7(12-3-6)4-15-5-13-9(14-15)8(11)16/h1-3,5H,4H2,(H2,11,16). The molecule has 0 spiro atoms. The molecule has 82 valence electrons. The van der Waals surface area contributed by atoms with Crippen molar-refractivity contribution in [1.29, 1.82) is 0 Å². The molecule has 0 radical (unpaired) electrons. The summed E-state index contributed by atoms with van der Waals surface area (Å²) in [5.41, 5.74) is 6.30. The molecule has 0 saturated carbocycles. The quantitative estimate of drug-likeness (QED) is 0.860. The molecule has 2 aromatic heterocycles. The van der Waals surface area contributed by atoms with Crippen LogP contribution in [0.4, 0.5) is 0 Å². The lowest BCUT2D eigenvalue weighted by Gasteiger charge is -1.99. The molecule has 2 aromatic rings. The van der Waals surface area contributed by atoms with Crippen molar-refractivity contribution in [2.75, 3.05) is 0 Å². The molecular formula is C9H8BrN5S. The van der Waals surface area contributed by atoms with Gasteiger partial charge in [-0.2, -0.15) is 0 Å². The highest BCUT2D eigenvalue weighted by Gasteiger charge is 2.04. The molecule has 0 saturated heterocycles. The second kappa shape index (κ2) is 4.67. The third-order valence-electron chi connectivity index (χ3n) is 1.87. The topological polar surface area (TPSA) is 69.6 Å². The molecule has 0 aliphatic rings. The van der Waals surface area contributed by atoms with Gasteiger partial charge in [0.1, 0.15) is 11.3 Å². The zero-order valence-electron chi connectivity index (χ0n) is 8.17. The first-order chi connectivity index (χ1) is 7.65.